The van der Waals surface area contributed by atoms with Crippen LogP contribution >= 0.6 is 0 Å². The predicted octanol–water partition coefficient (Wildman–Crippen LogP) is 2.03. The molecule has 160 valence electrons. The van der Waals surface area contributed by atoms with Gasteiger partial charge in [0.1, 0.15) is 0 Å². The van der Waals surface area contributed by atoms with Gasteiger partial charge in [0.15, 0.2) is 11.6 Å². The summed E-state index contributed by atoms with van der Waals surface area (Å²) in [5, 5.41) is 27.4. The third kappa shape index (κ3) is 4.87. The van der Waals surface area contributed by atoms with Crippen molar-refractivity contribution in [2.75, 3.05) is 50.0 Å². The number of fused-ring (bicyclic) bond motifs is 2. The first kappa shape index (κ1) is 22.0. The average Bonchev–Trinajstić information content (AvgIpc) is 2.77. The van der Waals surface area contributed by atoms with Gasteiger partial charge in [-0.25, -0.2) is 0 Å². The number of carbonyl (C=O) groups excluding carboxylic acids is 2. The van der Waals surface area contributed by atoms with Crippen LogP contribution in [0.5, 0.6) is 0 Å². The maximum absolute atomic E-state index is 13.3. The summed E-state index contributed by atoms with van der Waals surface area (Å²) in [6, 6.07) is 10.6. The van der Waals surface area contributed by atoms with E-state index >= 15 is 0 Å². The highest BCUT2D eigenvalue weighted by Gasteiger charge is 2.33. The zero-order valence-electron chi connectivity index (χ0n) is 17.0. The molecule has 0 radical (unpaired) electrons. The maximum atomic E-state index is 13.3. The first-order valence-electron chi connectivity index (χ1n) is 10.4. The minimum absolute atomic E-state index is 0.0673. The molecule has 0 unspecified atom stereocenters. The summed E-state index contributed by atoms with van der Waals surface area (Å²) in [6.45, 7) is 2.59. The molecule has 0 spiro atoms. The Kier molecular flexibility index (Phi) is 7.96. The van der Waals surface area contributed by atoms with E-state index in [2.05, 4.69) is 16.0 Å². The molecular formula is C23H29N3O4. The molecule has 1 aliphatic rings. The van der Waals surface area contributed by atoms with Gasteiger partial charge in [-0.05, 0) is 31.4 Å². The number of nitrogens with one attached hydrogen (secondary N) is 3. The number of ketones is 2. The lowest BCUT2D eigenvalue weighted by atomic mass is 9.82. The van der Waals surface area contributed by atoms with Gasteiger partial charge < -0.3 is 26.2 Å². The van der Waals surface area contributed by atoms with Crippen LogP contribution in [0.3, 0.4) is 0 Å². The molecule has 2 aromatic rings. The highest BCUT2D eigenvalue weighted by Crippen LogP contribution is 2.36. The Balaban J connectivity index is 1.88. The Labute approximate surface area is 176 Å². The zero-order chi connectivity index (χ0) is 21.3. The molecular weight excluding hydrogens is 382 g/mol. The topological polar surface area (TPSA) is 111 Å². The molecule has 7 heteroatoms. The standard InChI is InChI=1S/C23H29N3O4/c27-14-5-1-4-10-25-18-8-9-19(26-12-11-24-13-15-28)21-20(18)22(29)16-6-2-3-7-17(16)23(21)30/h2-3,6-9,24-28H,1,4-5,10-15H2. The van der Waals surface area contributed by atoms with Crippen LogP contribution in [0, 0.1) is 0 Å². The van der Waals surface area contributed by atoms with Crippen molar-refractivity contribution in [1.29, 1.82) is 0 Å². The van der Waals surface area contributed by atoms with Gasteiger partial charge in [-0.1, -0.05) is 24.3 Å². The Morgan fingerprint density at radius 2 is 1.23 bits per heavy atom. The number of carbonyl (C=O) groups is 2. The van der Waals surface area contributed by atoms with E-state index in [0.717, 1.165) is 19.3 Å². The van der Waals surface area contributed by atoms with Gasteiger partial charge in [-0.15, -0.1) is 0 Å². The largest absolute Gasteiger partial charge is 0.396 e. The quantitative estimate of drug-likeness (QED) is 0.290. The molecule has 30 heavy (non-hydrogen) atoms. The fourth-order valence-electron chi connectivity index (χ4n) is 3.64. The van der Waals surface area contributed by atoms with Crippen molar-refractivity contribution >= 4 is 22.9 Å². The zero-order valence-corrected chi connectivity index (χ0v) is 17.0. The molecule has 7 nitrogen and oxygen atoms in total. The predicted molar refractivity (Wildman–Crippen MR) is 118 cm³/mol. The van der Waals surface area contributed by atoms with Crippen molar-refractivity contribution in [1.82, 2.24) is 5.32 Å². The number of aliphatic hydroxyl groups is 2. The summed E-state index contributed by atoms with van der Waals surface area (Å²) in [7, 11) is 0. The van der Waals surface area contributed by atoms with E-state index in [1.807, 2.05) is 12.1 Å². The van der Waals surface area contributed by atoms with E-state index in [1.54, 1.807) is 24.3 Å². The second-order valence-electron chi connectivity index (χ2n) is 7.23. The number of aliphatic hydroxyl groups excluding tert-OH is 2. The molecule has 0 saturated heterocycles. The Morgan fingerprint density at radius 1 is 0.633 bits per heavy atom. The van der Waals surface area contributed by atoms with E-state index in [-0.39, 0.29) is 24.8 Å². The molecule has 0 bridgehead atoms. The van der Waals surface area contributed by atoms with Crippen molar-refractivity contribution in [2.45, 2.75) is 19.3 Å². The first-order chi connectivity index (χ1) is 14.7. The maximum Gasteiger partial charge on any atom is 0.196 e. The summed E-state index contributed by atoms with van der Waals surface area (Å²) >= 11 is 0. The number of hydrogen-bond acceptors (Lipinski definition) is 7. The SMILES string of the molecule is O=C1c2ccccc2C(=O)c2c(NCCNCCO)ccc(NCCCCCO)c21. The van der Waals surface area contributed by atoms with E-state index in [4.69, 9.17) is 10.2 Å². The number of hydrogen-bond donors (Lipinski definition) is 5. The number of benzene rings is 2. The average molecular weight is 412 g/mol. The van der Waals surface area contributed by atoms with Gasteiger partial charge in [-0.3, -0.25) is 9.59 Å². The summed E-state index contributed by atoms with van der Waals surface area (Å²) in [5.74, 6) is -0.310. The van der Waals surface area contributed by atoms with Gasteiger partial charge >= 0.3 is 0 Å². The smallest absolute Gasteiger partial charge is 0.196 e. The van der Waals surface area contributed by atoms with Crippen molar-refractivity contribution < 1.29 is 19.8 Å². The van der Waals surface area contributed by atoms with Crippen molar-refractivity contribution in [2.24, 2.45) is 0 Å². The number of unbranched alkanes of at least 4 members (excludes halogenated alkanes) is 2. The molecule has 0 aromatic heterocycles. The molecule has 0 atom stereocenters. The van der Waals surface area contributed by atoms with Gasteiger partial charge in [0.25, 0.3) is 0 Å². The van der Waals surface area contributed by atoms with Crippen LogP contribution in [0.15, 0.2) is 36.4 Å². The fraction of sp³-hybridized carbons (Fsp3) is 0.391. The lowest BCUT2D eigenvalue weighted by Crippen LogP contribution is -2.27. The molecule has 0 amide bonds. The third-order valence-corrected chi connectivity index (χ3v) is 5.13. The normalized spacial score (nSPS) is 12.5. The van der Waals surface area contributed by atoms with Gasteiger partial charge in [0, 0.05) is 55.3 Å². The van der Waals surface area contributed by atoms with Crippen molar-refractivity contribution in [3.63, 3.8) is 0 Å². The van der Waals surface area contributed by atoms with Crippen LogP contribution in [-0.4, -0.2) is 61.2 Å². The fourth-order valence-corrected chi connectivity index (χ4v) is 3.64. The minimum atomic E-state index is -0.157. The van der Waals surface area contributed by atoms with E-state index in [0.29, 0.717) is 59.8 Å². The van der Waals surface area contributed by atoms with E-state index in [9.17, 15) is 9.59 Å². The number of anilines is 2. The highest BCUT2D eigenvalue weighted by molar-refractivity contribution is 6.31. The first-order valence-corrected chi connectivity index (χ1v) is 10.4. The van der Waals surface area contributed by atoms with Crippen molar-refractivity contribution in [3.05, 3.63) is 58.7 Å². The minimum Gasteiger partial charge on any atom is -0.396 e. The monoisotopic (exact) mass is 411 g/mol. The highest BCUT2D eigenvalue weighted by atomic mass is 16.3. The Hall–Kier alpha value is -2.74. The molecule has 1 aliphatic carbocycles. The van der Waals surface area contributed by atoms with E-state index < -0.39 is 0 Å². The summed E-state index contributed by atoms with van der Waals surface area (Å²) in [6.07, 6.45) is 2.50. The van der Waals surface area contributed by atoms with Gasteiger partial charge in [0.2, 0.25) is 0 Å². The number of rotatable bonds is 12. The van der Waals surface area contributed by atoms with Crippen LogP contribution in [0.4, 0.5) is 11.4 Å². The van der Waals surface area contributed by atoms with Crippen LogP contribution in [0.25, 0.3) is 0 Å². The van der Waals surface area contributed by atoms with Crippen LogP contribution in [0.2, 0.25) is 0 Å². The Bertz CT molecular complexity index is 826. The van der Waals surface area contributed by atoms with Gasteiger partial charge in [0.05, 0.1) is 17.7 Å². The van der Waals surface area contributed by atoms with Crippen LogP contribution < -0.4 is 16.0 Å². The molecule has 0 fully saturated rings. The molecule has 0 aliphatic heterocycles. The van der Waals surface area contributed by atoms with Crippen LogP contribution in [-0.2, 0) is 0 Å². The summed E-state index contributed by atoms with van der Waals surface area (Å²) < 4.78 is 0. The second-order valence-corrected chi connectivity index (χ2v) is 7.23. The second kappa shape index (κ2) is 10.9. The van der Waals surface area contributed by atoms with Crippen LogP contribution in [0.1, 0.15) is 51.1 Å². The summed E-state index contributed by atoms with van der Waals surface area (Å²) in [4.78, 5) is 26.6. The lowest BCUT2D eigenvalue weighted by molar-refractivity contribution is 0.0980. The van der Waals surface area contributed by atoms with Gasteiger partial charge in [-0.2, -0.15) is 0 Å². The third-order valence-electron chi connectivity index (χ3n) is 5.13. The molecule has 0 heterocycles. The molecule has 2 aromatic carbocycles. The Morgan fingerprint density at radius 3 is 1.80 bits per heavy atom. The molecule has 3 rings (SSSR count). The molecule has 0 saturated carbocycles. The molecule has 5 N–H and O–H groups in total. The van der Waals surface area contributed by atoms with E-state index in [1.165, 1.54) is 0 Å². The summed E-state index contributed by atoms with van der Waals surface area (Å²) in [5.41, 5.74) is 2.97. The lowest BCUT2D eigenvalue weighted by Gasteiger charge is -2.24. The van der Waals surface area contributed by atoms with Crippen molar-refractivity contribution in [3.8, 4) is 0 Å².